The molecule has 2 rings (SSSR count). The first-order valence-corrected chi connectivity index (χ1v) is 8.77. The second-order valence-electron chi connectivity index (χ2n) is 6.32. The minimum atomic E-state index is -0.243. The van der Waals surface area contributed by atoms with Gasteiger partial charge >= 0.3 is 0 Å². The van der Waals surface area contributed by atoms with Crippen molar-refractivity contribution in [2.24, 2.45) is 17.1 Å². The largest absolute Gasteiger partial charge is 0.340 e. The highest BCUT2D eigenvalue weighted by Crippen LogP contribution is 2.40. The number of thioether (sulfide) groups is 1. The van der Waals surface area contributed by atoms with Gasteiger partial charge in [0.05, 0.1) is 5.41 Å². The molecular formula is C15H28N2OS. The van der Waals surface area contributed by atoms with E-state index in [-0.39, 0.29) is 5.41 Å². The summed E-state index contributed by atoms with van der Waals surface area (Å²) in [6, 6.07) is 0. The Labute approximate surface area is 121 Å². The third-order valence-corrected chi connectivity index (χ3v) is 6.33. The Bertz CT molecular complexity index is 313. The number of nitrogens with two attached hydrogens (primary N) is 1. The third-order valence-electron chi connectivity index (χ3n) is 4.96. The molecule has 0 aromatic carbocycles. The van der Waals surface area contributed by atoms with Crippen LogP contribution in [0.4, 0.5) is 0 Å². The normalized spacial score (nSPS) is 36.3. The zero-order valence-corrected chi connectivity index (χ0v) is 13.2. The molecule has 1 unspecified atom stereocenters. The molecule has 1 saturated heterocycles. The van der Waals surface area contributed by atoms with Crippen molar-refractivity contribution in [3.8, 4) is 0 Å². The Morgan fingerprint density at radius 2 is 2.11 bits per heavy atom. The van der Waals surface area contributed by atoms with Crippen LogP contribution in [0.5, 0.6) is 0 Å². The molecule has 2 N–H and O–H groups in total. The maximum absolute atomic E-state index is 12.9. The molecule has 19 heavy (non-hydrogen) atoms. The van der Waals surface area contributed by atoms with Crippen LogP contribution in [0.2, 0.25) is 0 Å². The maximum atomic E-state index is 12.9. The zero-order chi connectivity index (χ0) is 13.9. The van der Waals surface area contributed by atoms with E-state index in [1.54, 1.807) is 0 Å². The van der Waals surface area contributed by atoms with Gasteiger partial charge in [0.2, 0.25) is 5.91 Å². The second kappa shape index (κ2) is 6.49. The number of nitrogens with zero attached hydrogens (tertiary/aromatic N) is 1. The quantitative estimate of drug-likeness (QED) is 0.866. The average molecular weight is 284 g/mol. The van der Waals surface area contributed by atoms with Crippen molar-refractivity contribution in [2.45, 2.75) is 51.2 Å². The summed E-state index contributed by atoms with van der Waals surface area (Å²) in [5.74, 6) is 2.19. The van der Waals surface area contributed by atoms with Gasteiger partial charge in [-0.25, -0.2) is 0 Å². The average Bonchev–Trinajstić information content (AvgIpc) is 2.48. The monoisotopic (exact) mass is 284 g/mol. The van der Waals surface area contributed by atoms with E-state index >= 15 is 0 Å². The third kappa shape index (κ3) is 3.27. The first-order chi connectivity index (χ1) is 9.11. The van der Waals surface area contributed by atoms with E-state index in [9.17, 15) is 4.79 Å². The predicted molar refractivity (Wildman–Crippen MR) is 82.2 cm³/mol. The highest BCUT2D eigenvalue weighted by molar-refractivity contribution is 8.00. The van der Waals surface area contributed by atoms with Gasteiger partial charge in [0, 0.05) is 30.6 Å². The molecule has 0 aromatic heterocycles. The van der Waals surface area contributed by atoms with E-state index in [1.807, 2.05) is 11.8 Å². The molecule has 2 aliphatic rings. The lowest BCUT2D eigenvalue weighted by Crippen LogP contribution is -2.53. The molecule has 1 atom stereocenters. The molecule has 1 amide bonds. The summed E-state index contributed by atoms with van der Waals surface area (Å²) in [7, 11) is 0. The maximum Gasteiger partial charge on any atom is 0.230 e. The molecule has 0 spiro atoms. The van der Waals surface area contributed by atoms with Gasteiger partial charge in [0.1, 0.15) is 0 Å². The van der Waals surface area contributed by atoms with Crippen LogP contribution in [-0.2, 0) is 4.79 Å². The van der Waals surface area contributed by atoms with Crippen molar-refractivity contribution >= 4 is 17.7 Å². The fraction of sp³-hybridized carbons (Fsp3) is 0.933. The van der Waals surface area contributed by atoms with E-state index < -0.39 is 0 Å². The summed E-state index contributed by atoms with van der Waals surface area (Å²) >= 11 is 2.01. The van der Waals surface area contributed by atoms with Gasteiger partial charge in [-0.15, -0.1) is 0 Å². The Morgan fingerprint density at radius 3 is 2.68 bits per heavy atom. The Balaban J connectivity index is 2.03. The van der Waals surface area contributed by atoms with Crippen molar-refractivity contribution < 1.29 is 4.79 Å². The summed E-state index contributed by atoms with van der Waals surface area (Å²) in [6.07, 6.45) is 5.44. The van der Waals surface area contributed by atoms with Gasteiger partial charge in [0.15, 0.2) is 0 Å². The van der Waals surface area contributed by atoms with Gasteiger partial charge in [-0.3, -0.25) is 4.79 Å². The van der Waals surface area contributed by atoms with Crippen molar-refractivity contribution in [1.82, 2.24) is 4.90 Å². The van der Waals surface area contributed by atoms with Gasteiger partial charge in [-0.05, 0) is 38.0 Å². The number of rotatable bonds is 3. The first-order valence-electron chi connectivity index (χ1n) is 7.72. The van der Waals surface area contributed by atoms with E-state index in [0.29, 0.717) is 17.7 Å². The molecule has 4 heteroatoms. The number of hydrogen-bond acceptors (Lipinski definition) is 3. The van der Waals surface area contributed by atoms with Crippen LogP contribution in [0.25, 0.3) is 0 Å². The second-order valence-corrected chi connectivity index (χ2v) is 7.73. The van der Waals surface area contributed by atoms with Crippen molar-refractivity contribution in [3.05, 3.63) is 0 Å². The Kier molecular flexibility index (Phi) is 5.18. The predicted octanol–water partition coefficient (Wildman–Crippen LogP) is 2.50. The van der Waals surface area contributed by atoms with Crippen LogP contribution < -0.4 is 5.73 Å². The lowest BCUT2D eigenvalue weighted by molar-refractivity contribution is -0.144. The molecule has 2 fully saturated rings. The summed E-state index contributed by atoms with van der Waals surface area (Å²) in [5, 5.41) is 0.620. The van der Waals surface area contributed by atoms with Crippen LogP contribution in [-0.4, -0.2) is 41.4 Å². The number of amides is 1. The van der Waals surface area contributed by atoms with Gasteiger partial charge in [-0.1, -0.05) is 13.8 Å². The topological polar surface area (TPSA) is 46.3 Å². The lowest BCUT2D eigenvalue weighted by Gasteiger charge is -2.43. The molecule has 0 bridgehead atoms. The molecule has 1 saturated carbocycles. The highest BCUT2D eigenvalue weighted by Gasteiger charge is 2.43. The van der Waals surface area contributed by atoms with Crippen LogP contribution in [0.1, 0.15) is 46.0 Å². The minimum absolute atomic E-state index is 0.243. The lowest BCUT2D eigenvalue weighted by atomic mass is 9.70. The molecular weight excluding hydrogens is 256 g/mol. The van der Waals surface area contributed by atoms with E-state index in [2.05, 4.69) is 18.7 Å². The zero-order valence-electron chi connectivity index (χ0n) is 12.4. The van der Waals surface area contributed by atoms with Crippen molar-refractivity contribution in [2.75, 3.05) is 25.4 Å². The molecule has 0 aromatic rings. The minimum Gasteiger partial charge on any atom is -0.340 e. The summed E-state index contributed by atoms with van der Waals surface area (Å²) in [6.45, 7) is 6.87. The molecule has 110 valence electrons. The summed E-state index contributed by atoms with van der Waals surface area (Å²) in [4.78, 5) is 15.0. The van der Waals surface area contributed by atoms with Crippen molar-refractivity contribution in [1.29, 1.82) is 0 Å². The van der Waals surface area contributed by atoms with E-state index in [0.717, 1.165) is 56.9 Å². The van der Waals surface area contributed by atoms with Crippen LogP contribution >= 0.6 is 11.8 Å². The SMILES string of the molecule is CCC1CN(C(=O)C2(CN)CCC(C)CC2)CCS1. The first kappa shape index (κ1) is 15.2. The Hall–Kier alpha value is -0.220. The van der Waals surface area contributed by atoms with Gasteiger partial charge in [0.25, 0.3) is 0 Å². The van der Waals surface area contributed by atoms with Gasteiger partial charge in [-0.2, -0.15) is 11.8 Å². The fourth-order valence-corrected chi connectivity index (χ4v) is 4.49. The summed E-state index contributed by atoms with van der Waals surface area (Å²) < 4.78 is 0. The highest BCUT2D eigenvalue weighted by atomic mass is 32.2. The molecule has 1 heterocycles. The van der Waals surface area contributed by atoms with Crippen LogP contribution in [0.15, 0.2) is 0 Å². The van der Waals surface area contributed by atoms with Gasteiger partial charge < -0.3 is 10.6 Å². The number of carbonyl (C=O) groups excluding carboxylic acids is 1. The van der Waals surface area contributed by atoms with E-state index in [4.69, 9.17) is 5.73 Å². The molecule has 0 radical (unpaired) electrons. The summed E-state index contributed by atoms with van der Waals surface area (Å²) in [5.41, 5.74) is 5.76. The molecule has 1 aliphatic carbocycles. The molecule has 3 nitrogen and oxygen atoms in total. The van der Waals surface area contributed by atoms with Crippen LogP contribution in [0, 0.1) is 11.3 Å². The number of hydrogen-bond donors (Lipinski definition) is 1. The smallest absolute Gasteiger partial charge is 0.230 e. The number of carbonyl (C=O) groups is 1. The Morgan fingerprint density at radius 1 is 1.42 bits per heavy atom. The standard InChI is InChI=1S/C15H28N2OS/c1-3-13-10-17(8-9-19-13)14(18)15(11-16)6-4-12(2)5-7-15/h12-13H,3-11,16H2,1-2H3. The molecule has 1 aliphatic heterocycles. The van der Waals surface area contributed by atoms with Crippen molar-refractivity contribution in [3.63, 3.8) is 0 Å². The van der Waals surface area contributed by atoms with E-state index in [1.165, 1.54) is 0 Å². The fourth-order valence-electron chi connectivity index (χ4n) is 3.31. The van der Waals surface area contributed by atoms with Crippen LogP contribution in [0.3, 0.4) is 0 Å².